The molecule has 1 saturated heterocycles. The second-order valence-corrected chi connectivity index (χ2v) is 8.06. The third-order valence-corrected chi connectivity index (χ3v) is 5.73. The lowest BCUT2D eigenvalue weighted by molar-refractivity contribution is -0.144. The minimum atomic E-state index is -4.94. The molecule has 0 radical (unpaired) electrons. The molecule has 3 amide bonds. The van der Waals surface area contributed by atoms with Gasteiger partial charge in [0.1, 0.15) is 0 Å². The highest BCUT2D eigenvalue weighted by molar-refractivity contribution is 7.47. The van der Waals surface area contributed by atoms with Crippen LogP contribution in [-0.2, 0) is 30.3 Å². The van der Waals surface area contributed by atoms with Gasteiger partial charge in [-0.3, -0.25) is 14.2 Å². The third kappa shape index (κ3) is 3.76. The topological polar surface area (TPSA) is 120 Å². The van der Waals surface area contributed by atoms with E-state index in [0.29, 0.717) is 15.9 Å². The second kappa shape index (κ2) is 8.03. The molecule has 1 fully saturated rings. The summed E-state index contributed by atoms with van der Waals surface area (Å²) < 4.78 is 62.0. The van der Waals surface area contributed by atoms with E-state index >= 15 is 0 Å². The van der Waals surface area contributed by atoms with Gasteiger partial charge in [-0.1, -0.05) is 30.3 Å². The molecule has 168 valence electrons. The average molecular weight is 469 g/mol. The summed E-state index contributed by atoms with van der Waals surface area (Å²) in [4.78, 5) is 37.4. The highest BCUT2D eigenvalue weighted by Gasteiger charge is 2.62. The molecular weight excluding hydrogens is 454 g/mol. The molecule has 3 rings (SSSR count). The SMILES string of the molecule is COP(=O)(O)OC1(c2ccccc2)C(=O)N(c2ccc(C#N)c(C(F)(F)F)c2)C(=O)N1C. The van der Waals surface area contributed by atoms with Gasteiger partial charge in [-0.2, -0.15) is 18.4 Å². The van der Waals surface area contributed by atoms with Crippen molar-refractivity contribution in [1.82, 2.24) is 4.90 Å². The number of phosphoric ester groups is 1. The van der Waals surface area contributed by atoms with E-state index in [2.05, 4.69) is 4.52 Å². The number of halogens is 3. The zero-order chi connectivity index (χ0) is 23.9. The number of amides is 3. The molecule has 1 aliphatic rings. The van der Waals surface area contributed by atoms with Crippen LogP contribution in [0.2, 0.25) is 0 Å². The first-order valence-electron chi connectivity index (χ1n) is 8.77. The molecule has 2 aromatic rings. The number of carbonyl (C=O) groups is 2. The predicted molar refractivity (Wildman–Crippen MR) is 103 cm³/mol. The number of phosphoric acid groups is 1. The van der Waals surface area contributed by atoms with Crippen LogP contribution in [0.1, 0.15) is 16.7 Å². The maximum Gasteiger partial charge on any atom is 0.474 e. The fourth-order valence-electron chi connectivity index (χ4n) is 3.24. The number of nitriles is 1. The van der Waals surface area contributed by atoms with E-state index < -0.39 is 48.5 Å². The van der Waals surface area contributed by atoms with Crippen molar-refractivity contribution in [2.75, 3.05) is 19.1 Å². The molecule has 0 aromatic heterocycles. The Labute approximate surface area is 179 Å². The van der Waals surface area contributed by atoms with E-state index in [9.17, 15) is 32.2 Å². The largest absolute Gasteiger partial charge is 0.474 e. The molecule has 2 aromatic carbocycles. The number of likely N-dealkylation sites (N-methyl/N-ethyl adjacent to an activating group) is 1. The van der Waals surface area contributed by atoms with Crippen LogP contribution in [0.4, 0.5) is 23.7 Å². The van der Waals surface area contributed by atoms with Gasteiger partial charge in [0.05, 0.1) is 22.9 Å². The Morgan fingerprint density at radius 1 is 1.16 bits per heavy atom. The molecule has 9 nitrogen and oxygen atoms in total. The fraction of sp³-hybridized carbons (Fsp3) is 0.211. The van der Waals surface area contributed by atoms with Crippen molar-refractivity contribution in [2.24, 2.45) is 0 Å². The lowest BCUT2D eigenvalue weighted by Crippen LogP contribution is -2.46. The molecular formula is C19H15F3N3O6P. The lowest BCUT2D eigenvalue weighted by atomic mass is 10.0. The van der Waals surface area contributed by atoms with E-state index in [-0.39, 0.29) is 5.56 Å². The van der Waals surface area contributed by atoms with Crippen molar-refractivity contribution in [3.8, 4) is 6.07 Å². The van der Waals surface area contributed by atoms with Crippen LogP contribution in [0.25, 0.3) is 0 Å². The molecule has 0 aliphatic carbocycles. The highest BCUT2D eigenvalue weighted by Crippen LogP contribution is 2.53. The Kier molecular flexibility index (Phi) is 5.88. The smallest absolute Gasteiger partial charge is 0.302 e. The zero-order valence-corrected chi connectivity index (χ0v) is 17.4. The van der Waals surface area contributed by atoms with E-state index in [4.69, 9.17) is 9.79 Å². The number of carbonyl (C=O) groups excluding carboxylic acids is 2. The molecule has 1 aliphatic heterocycles. The number of benzene rings is 2. The summed E-state index contributed by atoms with van der Waals surface area (Å²) in [6.07, 6.45) is -4.94. The fourth-order valence-corrected chi connectivity index (χ4v) is 3.95. The van der Waals surface area contributed by atoms with Crippen LogP contribution in [-0.4, -0.2) is 35.9 Å². The lowest BCUT2D eigenvalue weighted by Gasteiger charge is -2.33. The molecule has 1 heterocycles. The minimum absolute atomic E-state index is 0.0423. The Hall–Kier alpha value is -3.23. The molecule has 2 atom stereocenters. The Morgan fingerprint density at radius 3 is 2.31 bits per heavy atom. The normalized spacial score (nSPS) is 20.9. The van der Waals surface area contributed by atoms with Gasteiger partial charge in [-0.25, -0.2) is 18.8 Å². The number of anilines is 1. The van der Waals surface area contributed by atoms with Crippen molar-refractivity contribution >= 4 is 25.4 Å². The van der Waals surface area contributed by atoms with Crippen molar-refractivity contribution in [2.45, 2.75) is 11.9 Å². The van der Waals surface area contributed by atoms with Crippen molar-refractivity contribution < 1.29 is 41.3 Å². The molecule has 0 spiro atoms. The van der Waals surface area contributed by atoms with Gasteiger partial charge in [-0.05, 0) is 18.2 Å². The number of imide groups is 1. The summed E-state index contributed by atoms with van der Waals surface area (Å²) in [5.41, 5.74) is -5.13. The molecule has 1 N–H and O–H groups in total. The molecule has 0 bridgehead atoms. The zero-order valence-electron chi connectivity index (χ0n) is 16.5. The summed E-state index contributed by atoms with van der Waals surface area (Å²) in [6.45, 7) is 0. The van der Waals surface area contributed by atoms with Gasteiger partial charge < -0.3 is 4.89 Å². The van der Waals surface area contributed by atoms with Gasteiger partial charge in [0.15, 0.2) is 0 Å². The maximum absolute atomic E-state index is 13.5. The van der Waals surface area contributed by atoms with E-state index in [1.807, 2.05) is 0 Å². The third-order valence-electron chi connectivity index (χ3n) is 4.77. The average Bonchev–Trinajstić information content (AvgIpc) is 2.94. The number of hydrogen-bond acceptors (Lipinski definition) is 6. The van der Waals surface area contributed by atoms with Crippen LogP contribution < -0.4 is 4.90 Å². The monoisotopic (exact) mass is 469 g/mol. The number of hydrogen-bond donors (Lipinski definition) is 1. The Bertz CT molecular complexity index is 1170. The quantitative estimate of drug-likeness (QED) is 0.525. The molecule has 0 saturated carbocycles. The Morgan fingerprint density at radius 2 is 1.78 bits per heavy atom. The summed E-state index contributed by atoms with van der Waals surface area (Å²) >= 11 is 0. The summed E-state index contributed by atoms with van der Waals surface area (Å²) in [5.74, 6) is -1.25. The first-order valence-corrected chi connectivity index (χ1v) is 10.3. The van der Waals surface area contributed by atoms with Crippen molar-refractivity contribution in [3.05, 3.63) is 65.2 Å². The van der Waals surface area contributed by atoms with Crippen LogP contribution in [0.15, 0.2) is 48.5 Å². The van der Waals surface area contributed by atoms with Gasteiger partial charge in [0, 0.05) is 19.7 Å². The van der Waals surface area contributed by atoms with Crippen LogP contribution in [0.3, 0.4) is 0 Å². The van der Waals surface area contributed by atoms with E-state index in [0.717, 1.165) is 26.3 Å². The summed E-state index contributed by atoms with van der Waals surface area (Å²) in [6, 6.07) is 9.70. The first kappa shape index (κ1) is 23.4. The highest BCUT2D eigenvalue weighted by atomic mass is 31.2. The molecule has 2 unspecified atom stereocenters. The van der Waals surface area contributed by atoms with Gasteiger partial charge in [0.2, 0.25) is 0 Å². The number of alkyl halides is 3. The molecule has 32 heavy (non-hydrogen) atoms. The van der Waals surface area contributed by atoms with Crippen molar-refractivity contribution in [3.63, 3.8) is 0 Å². The Balaban J connectivity index is 2.22. The minimum Gasteiger partial charge on any atom is -0.302 e. The van der Waals surface area contributed by atoms with E-state index in [1.165, 1.54) is 30.3 Å². The molecule has 13 heteroatoms. The predicted octanol–water partition coefficient (Wildman–Crippen LogP) is 3.59. The summed E-state index contributed by atoms with van der Waals surface area (Å²) in [5, 5.41) is 8.97. The maximum atomic E-state index is 13.5. The van der Waals surface area contributed by atoms with Crippen LogP contribution >= 0.6 is 7.82 Å². The van der Waals surface area contributed by atoms with E-state index in [1.54, 1.807) is 6.07 Å². The van der Waals surface area contributed by atoms with Gasteiger partial charge in [-0.15, -0.1) is 0 Å². The number of rotatable bonds is 5. The number of urea groups is 1. The van der Waals surface area contributed by atoms with Crippen LogP contribution in [0.5, 0.6) is 0 Å². The standard InChI is InChI=1S/C19H15F3N3O6P/c1-24-17(27)25(14-9-8-12(11-23)15(10-14)19(20,21)22)16(26)18(24,31-32(28,29)30-2)13-6-4-3-5-7-13/h3-10H,1-2H3,(H,28,29). The van der Waals surface area contributed by atoms with Crippen molar-refractivity contribution in [1.29, 1.82) is 5.26 Å². The number of nitrogens with zero attached hydrogens (tertiary/aromatic N) is 3. The second-order valence-electron chi connectivity index (χ2n) is 6.57. The van der Waals surface area contributed by atoms with Gasteiger partial charge in [0.25, 0.3) is 11.6 Å². The first-order chi connectivity index (χ1) is 14.9. The summed E-state index contributed by atoms with van der Waals surface area (Å²) in [7, 11) is -2.96. The van der Waals surface area contributed by atoms with Crippen LogP contribution in [0, 0.1) is 11.3 Å². The van der Waals surface area contributed by atoms with Gasteiger partial charge >= 0.3 is 20.0 Å².